The molecule has 0 saturated carbocycles. The molecule has 0 amide bonds. The van der Waals surface area contributed by atoms with E-state index in [2.05, 4.69) is 21.7 Å². The summed E-state index contributed by atoms with van der Waals surface area (Å²) < 4.78 is 0. The van der Waals surface area contributed by atoms with Crippen LogP contribution in [0.25, 0.3) is 0 Å². The van der Waals surface area contributed by atoms with Crippen LogP contribution in [0.2, 0.25) is 0 Å². The average molecular weight is 128 g/mol. The summed E-state index contributed by atoms with van der Waals surface area (Å²) in [6.45, 7) is 4.31. The highest BCUT2D eigenvalue weighted by molar-refractivity contribution is 4.93. The predicted octanol–water partition coefficient (Wildman–Crippen LogP) is -1.81. The zero-order valence-corrected chi connectivity index (χ0v) is 5.33. The summed E-state index contributed by atoms with van der Waals surface area (Å²) in [6, 6.07) is 0. The van der Waals surface area contributed by atoms with Crippen molar-refractivity contribution in [1.29, 1.82) is 0 Å². The minimum atomic E-state index is 0.444. The van der Waals surface area contributed by atoms with E-state index < -0.39 is 0 Å². The van der Waals surface area contributed by atoms with E-state index in [1.54, 1.807) is 0 Å². The molecule has 2 saturated heterocycles. The van der Waals surface area contributed by atoms with Gasteiger partial charge in [0.2, 0.25) is 0 Å². The molecule has 0 aromatic rings. The maximum atomic E-state index is 3.12. The van der Waals surface area contributed by atoms with E-state index in [9.17, 15) is 0 Å². The lowest BCUT2D eigenvalue weighted by molar-refractivity contribution is 0.413. The minimum absolute atomic E-state index is 0.444. The van der Waals surface area contributed by atoms with E-state index in [-0.39, 0.29) is 0 Å². The van der Waals surface area contributed by atoms with Crippen LogP contribution in [0.5, 0.6) is 0 Å². The van der Waals surface area contributed by atoms with Gasteiger partial charge in [0.15, 0.2) is 0 Å². The molecule has 9 heavy (non-hydrogen) atoms. The molecule has 0 bridgehead atoms. The molecule has 2 aliphatic heterocycles. The maximum absolute atomic E-state index is 3.12. The van der Waals surface area contributed by atoms with Crippen LogP contribution in [0, 0.1) is 5.41 Å². The molecular formula is C5H12N4. The van der Waals surface area contributed by atoms with Gasteiger partial charge in [0.25, 0.3) is 0 Å². The molecule has 4 N–H and O–H groups in total. The Labute approximate surface area is 54.3 Å². The minimum Gasteiger partial charge on any atom is -0.257 e. The lowest BCUT2D eigenvalue weighted by atomic mass is 9.91. The molecule has 0 unspecified atom stereocenters. The first-order valence-electron chi connectivity index (χ1n) is 3.33. The van der Waals surface area contributed by atoms with Crippen LogP contribution in [-0.4, -0.2) is 26.2 Å². The van der Waals surface area contributed by atoms with Gasteiger partial charge >= 0.3 is 0 Å². The van der Waals surface area contributed by atoms with E-state index in [1.165, 1.54) is 0 Å². The first kappa shape index (κ1) is 5.61. The van der Waals surface area contributed by atoms with Gasteiger partial charge in [0, 0.05) is 31.6 Å². The quantitative estimate of drug-likeness (QED) is 0.310. The number of hydrogen-bond donors (Lipinski definition) is 4. The lowest BCUT2D eigenvalue weighted by Crippen LogP contribution is -2.31. The second-order valence-corrected chi connectivity index (χ2v) is 2.91. The van der Waals surface area contributed by atoms with Crippen LogP contribution in [0.15, 0.2) is 0 Å². The van der Waals surface area contributed by atoms with Gasteiger partial charge in [0.05, 0.1) is 0 Å². The van der Waals surface area contributed by atoms with Crippen LogP contribution in [0.3, 0.4) is 0 Å². The van der Waals surface area contributed by atoms with E-state index in [1.807, 2.05) is 0 Å². The molecule has 0 atom stereocenters. The Morgan fingerprint density at radius 1 is 0.667 bits per heavy atom. The van der Waals surface area contributed by atoms with Crippen LogP contribution in [-0.2, 0) is 0 Å². The van der Waals surface area contributed by atoms with Gasteiger partial charge < -0.3 is 0 Å². The normalized spacial score (nSPS) is 32.0. The Hall–Kier alpha value is -0.160. The summed E-state index contributed by atoms with van der Waals surface area (Å²) >= 11 is 0. The van der Waals surface area contributed by atoms with Gasteiger partial charge in [-0.1, -0.05) is 0 Å². The molecule has 4 nitrogen and oxygen atoms in total. The molecule has 2 rings (SSSR count). The van der Waals surface area contributed by atoms with Crippen LogP contribution in [0.4, 0.5) is 0 Å². The van der Waals surface area contributed by atoms with Gasteiger partial charge in [-0.05, 0) is 0 Å². The highest BCUT2D eigenvalue weighted by Crippen LogP contribution is 2.17. The second-order valence-electron chi connectivity index (χ2n) is 2.91. The molecule has 0 aromatic carbocycles. The van der Waals surface area contributed by atoms with Crippen molar-refractivity contribution in [2.24, 2.45) is 5.41 Å². The Balaban J connectivity index is 2.04. The highest BCUT2D eigenvalue weighted by Gasteiger charge is 2.36. The van der Waals surface area contributed by atoms with Gasteiger partial charge in [-0.3, -0.25) is 21.7 Å². The third kappa shape index (κ3) is 0.840. The van der Waals surface area contributed by atoms with Crippen molar-refractivity contribution in [2.45, 2.75) is 0 Å². The first-order valence-corrected chi connectivity index (χ1v) is 3.33. The van der Waals surface area contributed by atoms with Crippen LogP contribution < -0.4 is 21.7 Å². The summed E-state index contributed by atoms with van der Waals surface area (Å²) in [4.78, 5) is 0. The number of rotatable bonds is 0. The summed E-state index contributed by atoms with van der Waals surface area (Å²) in [5.41, 5.74) is 12.9. The molecule has 2 heterocycles. The largest absolute Gasteiger partial charge is 0.257 e. The molecule has 0 aliphatic carbocycles. The third-order valence-electron chi connectivity index (χ3n) is 2.10. The van der Waals surface area contributed by atoms with Gasteiger partial charge in [-0.15, -0.1) is 0 Å². The Morgan fingerprint density at radius 3 is 1.33 bits per heavy atom. The topological polar surface area (TPSA) is 48.1 Å². The number of hydrazine groups is 2. The zero-order valence-electron chi connectivity index (χ0n) is 5.33. The van der Waals surface area contributed by atoms with E-state index in [0.717, 1.165) is 26.2 Å². The fourth-order valence-electron chi connectivity index (χ4n) is 1.37. The predicted molar refractivity (Wildman–Crippen MR) is 34.4 cm³/mol. The number of nitrogens with one attached hydrogen (secondary N) is 4. The van der Waals surface area contributed by atoms with Crippen molar-refractivity contribution in [1.82, 2.24) is 21.7 Å². The van der Waals surface area contributed by atoms with Crippen molar-refractivity contribution in [3.63, 3.8) is 0 Å². The molecule has 2 aliphatic rings. The van der Waals surface area contributed by atoms with Crippen molar-refractivity contribution >= 4 is 0 Å². The van der Waals surface area contributed by atoms with E-state index in [0.29, 0.717) is 5.41 Å². The van der Waals surface area contributed by atoms with Crippen molar-refractivity contribution < 1.29 is 0 Å². The molecule has 1 spiro atoms. The zero-order chi connectivity index (χ0) is 6.16. The summed E-state index contributed by atoms with van der Waals surface area (Å²) in [5, 5.41) is 0. The summed E-state index contributed by atoms with van der Waals surface area (Å²) in [6.07, 6.45) is 0. The molecule has 4 heteroatoms. The van der Waals surface area contributed by atoms with Crippen molar-refractivity contribution in [3.05, 3.63) is 0 Å². The van der Waals surface area contributed by atoms with E-state index >= 15 is 0 Å². The fraction of sp³-hybridized carbons (Fsp3) is 1.00. The molecule has 0 radical (unpaired) electrons. The molecule has 52 valence electrons. The average Bonchev–Trinajstić information content (AvgIpc) is 2.45. The maximum Gasteiger partial charge on any atom is 0.0257 e. The lowest BCUT2D eigenvalue weighted by Gasteiger charge is -2.16. The van der Waals surface area contributed by atoms with Crippen molar-refractivity contribution in [2.75, 3.05) is 26.2 Å². The Morgan fingerprint density at radius 2 is 1.00 bits per heavy atom. The van der Waals surface area contributed by atoms with Crippen molar-refractivity contribution in [3.8, 4) is 0 Å². The smallest absolute Gasteiger partial charge is 0.0257 e. The summed E-state index contributed by atoms with van der Waals surface area (Å²) in [7, 11) is 0. The Bertz CT molecular complexity index is 84.0. The van der Waals surface area contributed by atoms with Gasteiger partial charge in [0.1, 0.15) is 0 Å². The molecular weight excluding hydrogens is 116 g/mol. The first-order chi connectivity index (χ1) is 4.41. The van der Waals surface area contributed by atoms with Crippen LogP contribution >= 0.6 is 0 Å². The highest BCUT2D eigenvalue weighted by atomic mass is 15.5. The molecule has 0 aromatic heterocycles. The second kappa shape index (κ2) is 1.91. The standard InChI is InChI=1S/C5H12N4/c1-5(2-7-6-1)3-8-9-4-5/h6-9H,1-4H2. The monoisotopic (exact) mass is 128 g/mol. The van der Waals surface area contributed by atoms with E-state index in [4.69, 9.17) is 0 Å². The number of hydrogen-bond acceptors (Lipinski definition) is 4. The SMILES string of the molecule is C1NNCC12CNNC2. The molecule has 2 fully saturated rings. The van der Waals surface area contributed by atoms with Gasteiger partial charge in [-0.2, -0.15) is 0 Å². The Kier molecular flexibility index (Phi) is 1.19. The third-order valence-corrected chi connectivity index (χ3v) is 2.10. The van der Waals surface area contributed by atoms with Gasteiger partial charge in [-0.25, -0.2) is 0 Å². The summed E-state index contributed by atoms with van der Waals surface area (Å²) in [5.74, 6) is 0. The van der Waals surface area contributed by atoms with Crippen LogP contribution in [0.1, 0.15) is 0 Å². The fourth-order valence-corrected chi connectivity index (χ4v) is 1.37.